The summed E-state index contributed by atoms with van der Waals surface area (Å²) in [7, 11) is 0. The highest BCUT2D eigenvalue weighted by atomic mass is 16.4. The molecule has 1 atom stereocenters. The van der Waals surface area contributed by atoms with Crippen molar-refractivity contribution in [3.63, 3.8) is 0 Å². The number of dihydropyridines is 1. The van der Waals surface area contributed by atoms with Crippen LogP contribution in [-0.2, 0) is 0 Å². The van der Waals surface area contributed by atoms with E-state index in [2.05, 4.69) is 16.9 Å². The van der Waals surface area contributed by atoms with Crippen LogP contribution < -0.4 is 10.7 Å². The maximum absolute atomic E-state index is 12.9. The predicted octanol–water partition coefficient (Wildman–Crippen LogP) is 4.97. The van der Waals surface area contributed by atoms with Gasteiger partial charge in [0.1, 0.15) is 11.3 Å². The van der Waals surface area contributed by atoms with Gasteiger partial charge >= 0.3 is 5.97 Å². The van der Waals surface area contributed by atoms with Crippen molar-refractivity contribution in [2.45, 2.75) is 19.9 Å². The smallest absolute Gasteiger partial charge is 0.337 e. The van der Waals surface area contributed by atoms with E-state index >= 15 is 0 Å². The highest BCUT2D eigenvalue weighted by Crippen LogP contribution is 2.30. The number of hydrogen-bond acceptors (Lipinski definition) is 5. The van der Waals surface area contributed by atoms with Crippen molar-refractivity contribution in [1.29, 1.82) is 5.41 Å². The zero-order chi connectivity index (χ0) is 23.0. The minimum atomic E-state index is -1.03. The first kappa shape index (κ1) is 21.0. The van der Waals surface area contributed by atoms with E-state index < -0.39 is 5.97 Å². The van der Waals surface area contributed by atoms with Crippen LogP contribution in [0.25, 0.3) is 16.5 Å². The van der Waals surface area contributed by atoms with Crippen LogP contribution in [-0.4, -0.2) is 23.1 Å². The first-order chi connectivity index (χ1) is 15.2. The normalized spacial score (nSPS) is 14.4. The molecule has 1 aliphatic rings. The van der Waals surface area contributed by atoms with E-state index in [4.69, 9.17) is 9.83 Å². The Bertz CT molecular complexity index is 1410. The van der Waals surface area contributed by atoms with Crippen LogP contribution in [0.15, 0.2) is 74.9 Å². The van der Waals surface area contributed by atoms with Crippen molar-refractivity contribution in [3.05, 3.63) is 93.4 Å². The lowest BCUT2D eigenvalue weighted by Crippen LogP contribution is -2.13. The highest BCUT2D eigenvalue weighted by molar-refractivity contribution is 6.20. The maximum atomic E-state index is 12.9. The van der Waals surface area contributed by atoms with E-state index in [-0.39, 0.29) is 22.9 Å². The molecule has 0 saturated carbocycles. The van der Waals surface area contributed by atoms with Gasteiger partial charge in [0.25, 0.3) is 0 Å². The summed E-state index contributed by atoms with van der Waals surface area (Å²) in [5, 5.41) is 20.9. The molecule has 1 unspecified atom stereocenters. The number of carbonyl (C=O) groups is 1. The Morgan fingerprint density at radius 1 is 1.25 bits per heavy atom. The standard InChI is InChI=1S/C25H21N3O4/c1-13-8-18(15(3)28-20-7-5-4-6-17(20)25(30)31)23-19(9-13)21(29)11-22(32-23)16-10-14(2)24(26)27-12-16/h4-12,15,26,28H,2H2,1,3H3,(H,30,31). The first-order valence-electron chi connectivity index (χ1n) is 9.96. The third-order valence-corrected chi connectivity index (χ3v) is 5.25. The minimum Gasteiger partial charge on any atom is -0.478 e. The SMILES string of the molecule is C=C1C=C(c2cc(=O)c3cc(C)cc(C(C)Nc4ccccc4C(=O)O)c3o2)C=NC1=N. The van der Waals surface area contributed by atoms with Crippen molar-refractivity contribution >= 4 is 40.2 Å². The van der Waals surface area contributed by atoms with Gasteiger partial charge in [0, 0.05) is 34.7 Å². The molecule has 160 valence electrons. The van der Waals surface area contributed by atoms with Gasteiger partial charge in [-0.05, 0) is 43.7 Å². The van der Waals surface area contributed by atoms with Gasteiger partial charge in [0.05, 0.1) is 17.0 Å². The third kappa shape index (κ3) is 3.88. The summed E-state index contributed by atoms with van der Waals surface area (Å²) in [6.07, 6.45) is 3.12. The largest absolute Gasteiger partial charge is 0.478 e. The van der Waals surface area contributed by atoms with Crippen LogP contribution in [0, 0.1) is 12.3 Å². The average Bonchev–Trinajstić information content (AvgIpc) is 2.75. The van der Waals surface area contributed by atoms with Crippen molar-refractivity contribution < 1.29 is 14.3 Å². The molecular formula is C25H21N3O4. The summed E-state index contributed by atoms with van der Waals surface area (Å²) in [4.78, 5) is 28.5. The van der Waals surface area contributed by atoms with E-state index in [0.717, 1.165) is 11.1 Å². The van der Waals surface area contributed by atoms with Gasteiger partial charge in [0.2, 0.25) is 0 Å². The third-order valence-electron chi connectivity index (χ3n) is 5.25. The van der Waals surface area contributed by atoms with Crippen molar-refractivity contribution in [3.8, 4) is 0 Å². The molecule has 0 amide bonds. The molecule has 1 aliphatic heterocycles. The Hall–Kier alpha value is -4.26. The molecule has 32 heavy (non-hydrogen) atoms. The van der Waals surface area contributed by atoms with Gasteiger partial charge in [-0.2, -0.15) is 0 Å². The van der Waals surface area contributed by atoms with E-state index in [1.165, 1.54) is 18.3 Å². The summed E-state index contributed by atoms with van der Waals surface area (Å²) in [6, 6.07) is 11.4. The van der Waals surface area contributed by atoms with Crippen LogP contribution in [0.5, 0.6) is 0 Å². The van der Waals surface area contributed by atoms with Gasteiger partial charge < -0.3 is 14.8 Å². The molecular weight excluding hydrogens is 406 g/mol. The van der Waals surface area contributed by atoms with Crippen molar-refractivity contribution in [1.82, 2.24) is 0 Å². The Morgan fingerprint density at radius 2 is 2.00 bits per heavy atom. The number of allylic oxidation sites excluding steroid dienone is 1. The summed E-state index contributed by atoms with van der Waals surface area (Å²) in [5.41, 5.74) is 3.41. The van der Waals surface area contributed by atoms with Gasteiger partial charge in [-0.25, -0.2) is 9.79 Å². The van der Waals surface area contributed by atoms with Crippen LogP contribution in [0.1, 0.15) is 40.2 Å². The topological polar surface area (TPSA) is 116 Å². The molecule has 0 aliphatic carbocycles. The molecule has 4 rings (SSSR count). The van der Waals surface area contributed by atoms with Crippen LogP contribution in [0.2, 0.25) is 0 Å². The molecule has 2 aromatic carbocycles. The lowest BCUT2D eigenvalue weighted by molar-refractivity contribution is 0.0698. The summed E-state index contributed by atoms with van der Waals surface area (Å²) in [6.45, 7) is 7.56. The summed E-state index contributed by atoms with van der Waals surface area (Å²) in [5.74, 6) is -0.649. The number of fused-ring (bicyclic) bond motifs is 1. The van der Waals surface area contributed by atoms with E-state index in [1.807, 2.05) is 19.9 Å². The molecule has 0 spiro atoms. The number of rotatable bonds is 5. The quantitative estimate of drug-likeness (QED) is 0.531. The van der Waals surface area contributed by atoms with Crippen molar-refractivity contribution in [2.24, 2.45) is 4.99 Å². The molecule has 0 fully saturated rings. The maximum Gasteiger partial charge on any atom is 0.337 e. The second kappa shape index (κ2) is 8.11. The fraction of sp³-hybridized carbons (Fsp3) is 0.120. The number of para-hydroxylation sites is 1. The Labute approximate surface area is 183 Å². The number of benzene rings is 2. The zero-order valence-electron chi connectivity index (χ0n) is 17.6. The van der Waals surface area contributed by atoms with E-state index in [0.29, 0.717) is 33.6 Å². The number of amidine groups is 1. The van der Waals surface area contributed by atoms with Gasteiger partial charge in [-0.1, -0.05) is 24.8 Å². The summed E-state index contributed by atoms with van der Waals surface area (Å²) >= 11 is 0. The molecule has 0 saturated heterocycles. The van der Waals surface area contributed by atoms with Crippen LogP contribution in [0.4, 0.5) is 5.69 Å². The van der Waals surface area contributed by atoms with Crippen LogP contribution in [0.3, 0.4) is 0 Å². The predicted molar refractivity (Wildman–Crippen MR) is 126 cm³/mol. The lowest BCUT2D eigenvalue weighted by atomic mass is 10.00. The molecule has 0 bridgehead atoms. The monoisotopic (exact) mass is 427 g/mol. The molecule has 3 N–H and O–H groups in total. The fourth-order valence-corrected chi connectivity index (χ4v) is 3.65. The number of anilines is 1. The minimum absolute atomic E-state index is 0.0584. The highest BCUT2D eigenvalue weighted by Gasteiger charge is 2.19. The molecule has 0 radical (unpaired) electrons. The number of carboxylic acids is 1. The van der Waals surface area contributed by atoms with E-state index in [1.54, 1.807) is 30.3 Å². The second-order valence-corrected chi connectivity index (χ2v) is 7.65. The Morgan fingerprint density at radius 3 is 2.72 bits per heavy atom. The molecule has 3 aromatic rings. The lowest BCUT2D eigenvalue weighted by Gasteiger charge is -2.19. The van der Waals surface area contributed by atoms with Gasteiger partial charge in [-0.15, -0.1) is 0 Å². The number of nitrogens with one attached hydrogen (secondary N) is 2. The van der Waals surface area contributed by atoms with Crippen LogP contribution >= 0.6 is 0 Å². The first-order valence-corrected chi connectivity index (χ1v) is 9.96. The van der Waals surface area contributed by atoms with Gasteiger partial charge in [0.15, 0.2) is 11.3 Å². The second-order valence-electron chi connectivity index (χ2n) is 7.65. The molecule has 1 aromatic heterocycles. The molecule has 2 heterocycles. The average molecular weight is 427 g/mol. The number of aliphatic imine (C=N–C) groups is 1. The Balaban J connectivity index is 1.84. The Kier molecular flexibility index (Phi) is 5.32. The number of nitrogens with zero attached hydrogens (tertiary/aromatic N) is 1. The number of carboxylic acid groups (broad SMARTS) is 1. The zero-order valence-corrected chi connectivity index (χ0v) is 17.6. The summed E-state index contributed by atoms with van der Waals surface area (Å²) < 4.78 is 6.16. The molecule has 7 nitrogen and oxygen atoms in total. The molecule has 7 heteroatoms. The number of hydrogen-bond donors (Lipinski definition) is 3. The van der Waals surface area contributed by atoms with Crippen molar-refractivity contribution in [2.75, 3.05) is 5.32 Å². The fourth-order valence-electron chi connectivity index (χ4n) is 3.65. The van der Waals surface area contributed by atoms with Gasteiger partial charge in [-0.3, -0.25) is 10.2 Å². The number of aromatic carboxylic acids is 1. The van der Waals surface area contributed by atoms with E-state index in [9.17, 15) is 14.7 Å². The number of aryl methyl sites for hydroxylation is 1.